The summed E-state index contributed by atoms with van der Waals surface area (Å²) >= 11 is 0. The Labute approximate surface area is 106 Å². The first kappa shape index (κ1) is 12.2. The molecule has 0 aliphatic heterocycles. The van der Waals surface area contributed by atoms with Crippen LogP contribution in [0.5, 0.6) is 0 Å². The Bertz CT molecular complexity index is 473. The third-order valence-corrected chi connectivity index (χ3v) is 2.27. The van der Waals surface area contributed by atoms with Gasteiger partial charge in [-0.05, 0) is 18.6 Å². The molecule has 2 rings (SSSR count). The largest absolute Gasteiger partial charge is 0.369 e. The molecule has 2 heterocycles. The molecule has 0 aliphatic carbocycles. The van der Waals surface area contributed by atoms with E-state index in [-0.39, 0.29) is 0 Å². The Kier molecular flexibility index (Phi) is 4.40. The van der Waals surface area contributed by atoms with Crippen LogP contribution in [0.3, 0.4) is 0 Å². The van der Waals surface area contributed by atoms with Gasteiger partial charge in [-0.2, -0.15) is 10.1 Å². The highest BCUT2D eigenvalue weighted by atomic mass is 15.3. The smallest absolute Gasteiger partial charge is 0.245 e. The van der Waals surface area contributed by atoms with Crippen molar-refractivity contribution < 1.29 is 0 Å². The van der Waals surface area contributed by atoms with Crippen molar-refractivity contribution in [1.29, 1.82) is 0 Å². The second-order valence-electron chi connectivity index (χ2n) is 3.77. The van der Waals surface area contributed by atoms with E-state index in [1.165, 1.54) is 0 Å². The van der Waals surface area contributed by atoms with E-state index in [0.717, 1.165) is 24.5 Å². The predicted molar refractivity (Wildman–Crippen MR) is 70.2 cm³/mol. The van der Waals surface area contributed by atoms with E-state index in [0.29, 0.717) is 12.5 Å². The minimum absolute atomic E-state index is 0.502. The van der Waals surface area contributed by atoms with Gasteiger partial charge in [-0.1, -0.05) is 13.0 Å². The van der Waals surface area contributed by atoms with Crippen LogP contribution in [0.15, 0.2) is 30.6 Å². The average Bonchev–Trinajstić information content (AvgIpc) is 2.44. The fraction of sp³-hybridized carbons (Fsp3) is 0.333. The highest BCUT2D eigenvalue weighted by Crippen LogP contribution is 2.04. The van der Waals surface area contributed by atoms with Gasteiger partial charge in [0.1, 0.15) is 5.82 Å². The molecule has 2 aromatic rings. The lowest BCUT2D eigenvalue weighted by Crippen LogP contribution is -2.09. The van der Waals surface area contributed by atoms with Crippen molar-refractivity contribution in [3.8, 4) is 0 Å². The number of nitrogens with zero attached hydrogens (tertiary/aromatic N) is 4. The van der Waals surface area contributed by atoms with Crippen LogP contribution in [-0.4, -0.2) is 26.7 Å². The molecular weight excluding hydrogens is 228 g/mol. The molecule has 2 N–H and O–H groups in total. The van der Waals surface area contributed by atoms with E-state index in [1.54, 1.807) is 12.4 Å². The van der Waals surface area contributed by atoms with Gasteiger partial charge >= 0.3 is 0 Å². The van der Waals surface area contributed by atoms with Crippen molar-refractivity contribution in [2.45, 2.75) is 19.9 Å². The molecule has 2 aromatic heterocycles. The molecule has 94 valence electrons. The van der Waals surface area contributed by atoms with E-state index < -0.39 is 0 Å². The zero-order chi connectivity index (χ0) is 12.6. The number of anilines is 2. The van der Waals surface area contributed by atoms with E-state index in [2.05, 4.69) is 37.7 Å². The van der Waals surface area contributed by atoms with Gasteiger partial charge in [0.25, 0.3) is 0 Å². The average molecular weight is 244 g/mol. The molecule has 0 amide bonds. The predicted octanol–water partition coefficient (Wildman–Crippen LogP) is 1.70. The molecule has 6 nitrogen and oxygen atoms in total. The van der Waals surface area contributed by atoms with Gasteiger partial charge in [-0.3, -0.25) is 4.98 Å². The second-order valence-corrected chi connectivity index (χ2v) is 3.77. The maximum absolute atomic E-state index is 4.30. The Morgan fingerprint density at radius 2 is 2.17 bits per heavy atom. The molecule has 0 saturated carbocycles. The molecule has 18 heavy (non-hydrogen) atoms. The maximum atomic E-state index is 4.30. The molecule has 0 spiro atoms. The Morgan fingerprint density at radius 1 is 1.22 bits per heavy atom. The summed E-state index contributed by atoms with van der Waals surface area (Å²) < 4.78 is 0. The summed E-state index contributed by atoms with van der Waals surface area (Å²) in [5, 5.41) is 14.1. The maximum Gasteiger partial charge on any atom is 0.245 e. The summed E-state index contributed by atoms with van der Waals surface area (Å²) in [6, 6.07) is 5.78. The summed E-state index contributed by atoms with van der Waals surface area (Å²) in [5.41, 5.74) is 0.938. The van der Waals surface area contributed by atoms with Crippen LogP contribution in [0.4, 0.5) is 11.8 Å². The van der Waals surface area contributed by atoms with E-state index in [1.807, 2.05) is 18.2 Å². The summed E-state index contributed by atoms with van der Waals surface area (Å²) in [7, 11) is 0. The molecule has 0 saturated heterocycles. The van der Waals surface area contributed by atoms with Crippen molar-refractivity contribution in [3.05, 3.63) is 36.3 Å². The zero-order valence-corrected chi connectivity index (χ0v) is 10.3. The fourth-order valence-corrected chi connectivity index (χ4v) is 1.39. The summed E-state index contributed by atoms with van der Waals surface area (Å²) in [5.74, 6) is 1.23. The molecule has 0 fully saturated rings. The summed E-state index contributed by atoms with van der Waals surface area (Å²) in [4.78, 5) is 8.51. The summed E-state index contributed by atoms with van der Waals surface area (Å²) in [6.07, 6.45) is 4.41. The van der Waals surface area contributed by atoms with Crippen molar-refractivity contribution in [1.82, 2.24) is 20.2 Å². The van der Waals surface area contributed by atoms with Gasteiger partial charge in [0.2, 0.25) is 5.95 Å². The van der Waals surface area contributed by atoms with Crippen LogP contribution in [0.1, 0.15) is 19.0 Å². The highest BCUT2D eigenvalue weighted by molar-refractivity contribution is 5.36. The lowest BCUT2D eigenvalue weighted by Gasteiger charge is -2.06. The Hall–Kier alpha value is -2.24. The zero-order valence-electron chi connectivity index (χ0n) is 10.3. The molecule has 0 aliphatic rings. The quantitative estimate of drug-likeness (QED) is 0.805. The minimum Gasteiger partial charge on any atom is -0.369 e. The highest BCUT2D eigenvalue weighted by Gasteiger charge is 2.00. The molecule has 0 bridgehead atoms. The number of nitrogens with one attached hydrogen (secondary N) is 2. The number of aromatic nitrogens is 4. The number of hydrogen-bond acceptors (Lipinski definition) is 6. The van der Waals surface area contributed by atoms with Crippen LogP contribution >= 0.6 is 0 Å². The van der Waals surface area contributed by atoms with Gasteiger partial charge in [0.15, 0.2) is 0 Å². The standard InChI is InChI=1S/C12H16N6/c1-2-6-14-11-9-16-18-12(17-11)15-8-10-5-3-4-7-13-10/h3-5,7,9H,2,6,8H2,1H3,(H2,14,15,17,18). The van der Waals surface area contributed by atoms with Crippen LogP contribution < -0.4 is 10.6 Å². The van der Waals surface area contributed by atoms with Gasteiger partial charge < -0.3 is 10.6 Å². The molecule has 0 unspecified atom stereocenters. The molecular formula is C12H16N6. The Balaban J connectivity index is 1.93. The first-order valence-electron chi connectivity index (χ1n) is 5.96. The SMILES string of the molecule is CCCNc1cnnc(NCc2ccccn2)n1. The van der Waals surface area contributed by atoms with E-state index in [4.69, 9.17) is 0 Å². The number of hydrogen-bond donors (Lipinski definition) is 2. The first-order valence-corrected chi connectivity index (χ1v) is 5.96. The van der Waals surface area contributed by atoms with Crippen LogP contribution in [0, 0.1) is 0 Å². The van der Waals surface area contributed by atoms with Crippen LogP contribution in [0.2, 0.25) is 0 Å². The minimum atomic E-state index is 0.502. The topological polar surface area (TPSA) is 75.6 Å². The fourth-order valence-electron chi connectivity index (χ4n) is 1.39. The van der Waals surface area contributed by atoms with Crippen molar-refractivity contribution in [2.75, 3.05) is 17.2 Å². The van der Waals surface area contributed by atoms with E-state index in [9.17, 15) is 0 Å². The van der Waals surface area contributed by atoms with Crippen LogP contribution in [-0.2, 0) is 6.54 Å². The number of pyridine rings is 1. The van der Waals surface area contributed by atoms with Gasteiger partial charge in [-0.15, -0.1) is 5.10 Å². The van der Waals surface area contributed by atoms with E-state index >= 15 is 0 Å². The molecule has 6 heteroatoms. The monoisotopic (exact) mass is 244 g/mol. The lowest BCUT2D eigenvalue weighted by molar-refractivity contribution is 0.912. The van der Waals surface area contributed by atoms with Crippen molar-refractivity contribution >= 4 is 11.8 Å². The van der Waals surface area contributed by atoms with Gasteiger partial charge in [-0.25, -0.2) is 0 Å². The molecule has 0 aromatic carbocycles. The normalized spacial score (nSPS) is 10.1. The number of rotatable bonds is 6. The molecule has 0 atom stereocenters. The lowest BCUT2D eigenvalue weighted by atomic mass is 10.3. The first-order chi connectivity index (χ1) is 8.88. The van der Waals surface area contributed by atoms with Gasteiger partial charge in [0, 0.05) is 12.7 Å². The third-order valence-electron chi connectivity index (χ3n) is 2.27. The Morgan fingerprint density at radius 3 is 2.94 bits per heavy atom. The second kappa shape index (κ2) is 6.48. The van der Waals surface area contributed by atoms with Crippen LogP contribution in [0.25, 0.3) is 0 Å². The van der Waals surface area contributed by atoms with Crippen molar-refractivity contribution in [3.63, 3.8) is 0 Å². The van der Waals surface area contributed by atoms with Gasteiger partial charge in [0.05, 0.1) is 18.4 Å². The van der Waals surface area contributed by atoms with Crippen molar-refractivity contribution in [2.24, 2.45) is 0 Å². The molecule has 0 radical (unpaired) electrons. The third kappa shape index (κ3) is 3.65. The summed E-state index contributed by atoms with van der Waals surface area (Å²) in [6.45, 7) is 3.56.